The molecule has 1 heterocycles. The number of hydrogen-bond acceptors (Lipinski definition) is 3. The minimum absolute atomic E-state index is 0. The summed E-state index contributed by atoms with van der Waals surface area (Å²) < 4.78 is 31.6. The summed E-state index contributed by atoms with van der Waals surface area (Å²) in [5.41, 5.74) is 7.25. The van der Waals surface area contributed by atoms with Crippen molar-refractivity contribution in [2.24, 2.45) is 5.73 Å². The van der Waals surface area contributed by atoms with Crippen LogP contribution in [0.5, 0.6) is 5.75 Å². The number of para-hydroxylation sites is 1. The van der Waals surface area contributed by atoms with Crippen LogP contribution in [0.3, 0.4) is 0 Å². The topological polar surface area (TPSA) is 64.3 Å². The van der Waals surface area contributed by atoms with E-state index in [4.69, 9.17) is 10.5 Å². The van der Waals surface area contributed by atoms with Crippen LogP contribution < -0.4 is 15.8 Å². The lowest BCUT2D eigenvalue weighted by Crippen LogP contribution is -2.23. The summed E-state index contributed by atoms with van der Waals surface area (Å²) in [5.74, 6) is -2.01. The Morgan fingerprint density at radius 3 is 2.74 bits per heavy atom. The number of anilines is 1. The van der Waals surface area contributed by atoms with Gasteiger partial charge in [-0.05, 0) is 18.2 Å². The van der Waals surface area contributed by atoms with Crippen molar-refractivity contribution >= 4 is 24.0 Å². The molecule has 0 fully saturated rings. The van der Waals surface area contributed by atoms with E-state index < -0.39 is 17.5 Å². The second-order valence-corrected chi connectivity index (χ2v) is 5.05. The molecule has 0 spiro atoms. The fourth-order valence-corrected chi connectivity index (χ4v) is 2.40. The van der Waals surface area contributed by atoms with Gasteiger partial charge in [0.25, 0.3) is 5.91 Å². The first kappa shape index (κ1) is 17.2. The number of carbonyl (C=O) groups is 1. The third-order valence-electron chi connectivity index (χ3n) is 3.54. The van der Waals surface area contributed by atoms with Crippen molar-refractivity contribution < 1.29 is 18.3 Å². The van der Waals surface area contributed by atoms with Crippen LogP contribution >= 0.6 is 12.4 Å². The molecule has 1 amide bonds. The Bertz CT molecular complexity index is 740. The van der Waals surface area contributed by atoms with Crippen LogP contribution in [0.15, 0.2) is 36.4 Å². The average molecular weight is 341 g/mol. The third-order valence-corrected chi connectivity index (χ3v) is 3.54. The van der Waals surface area contributed by atoms with Gasteiger partial charge in [0.1, 0.15) is 5.75 Å². The Kier molecular flexibility index (Phi) is 5.18. The van der Waals surface area contributed by atoms with E-state index in [-0.39, 0.29) is 24.1 Å². The molecule has 2 aromatic carbocycles. The molecule has 4 nitrogen and oxygen atoms in total. The highest BCUT2D eigenvalue weighted by Crippen LogP contribution is 2.34. The summed E-state index contributed by atoms with van der Waals surface area (Å²) in [5, 5.41) is 2.52. The van der Waals surface area contributed by atoms with Gasteiger partial charge in [-0.3, -0.25) is 4.79 Å². The number of fused-ring (bicyclic) bond motifs is 1. The number of hydrogen-bond donors (Lipinski definition) is 2. The number of halogens is 3. The average Bonchev–Trinajstić information content (AvgIpc) is 2.51. The molecule has 3 N–H and O–H groups in total. The van der Waals surface area contributed by atoms with Gasteiger partial charge in [0, 0.05) is 29.8 Å². The van der Waals surface area contributed by atoms with Crippen LogP contribution in [0, 0.1) is 11.6 Å². The van der Waals surface area contributed by atoms with Crippen molar-refractivity contribution in [3.05, 3.63) is 59.2 Å². The van der Waals surface area contributed by atoms with E-state index in [9.17, 15) is 13.6 Å². The van der Waals surface area contributed by atoms with Crippen molar-refractivity contribution in [1.29, 1.82) is 0 Å². The van der Waals surface area contributed by atoms with E-state index in [1.165, 1.54) is 6.07 Å². The lowest BCUT2D eigenvalue weighted by Gasteiger charge is -2.24. The fraction of sp³-hybridized carbons (Fsp3) is 0.188. The minimum atomic E-state index is -1.02. The van der Waals surface area contributed by atoms with E-state index in [2.05, 4.69) is 5.32 Å². The minimum Gasteiger partial charge on any atom is -0.492 e. The molecule has 7 heteroatoms. The molecule has 0 saturated carbocycles. The second-order valence-electron chi connectivity index (χ2n) is 5.05. The fourth-order valence-electron chi connectivity index (χ4n) is 2.40. The quantitative estimate of drug-likeness (QED) is 0.880. The predicted octanol–water partition coefficient (Wildman–Crippen LogP) is 3.42. The molecule has 0 aromatic heterocycles. The van der Waals surface area contributed by atoms with Crippen molar-refractivity contribution in [3.8, 4) is 5.75 Å². The molecule has 1 aliphatic heterocycles. The highest BCUT2D eigenvalue weighted by Gasteiger charge is 2.23. The summed E-state index contributed by atoms with van der Waals surface area (Å²) in [7, 11) is 0. The molecule has 0 aliphatic carbocycles. The van der Waals surface area contributed by atoms with Crippen LogP contribution in [-0.4, -0.2) is 12.5 Å². The van der Waals surface area contributed by atoms with Crippen LogP contribution in [0.2, 0.25) is 0 Å². The second kappa shape index (κ2) is 6.93. The summed E-state index contributed by atoms with van der Waals surface area (Å²) in [6.07, 6.45) is 0.682. The van der Waals surface area contributed by atoms with Gasteiger partial charge in [0.05, 0.1) is 12.2 Å². The highest BCUT2D eigenvalue weighted by molar-refractivity contribution is 6.06. The van der Waals surface area contributed by atoms with Gasteiger partial charge in [-0.1, -0.05) is 12.1 Å². The zero-order valence-corrected chi connectivity index (χ0v) is 12.8. The molecular formula is C16H15ClF2N2O2. The molecule has 0 radical (unpaired) electrons. The van der Waals surface area contributed by atoms with Gasteiger partial charge in [-0.15, -0.1) is 12.4 Å². The molecule has 1 unspecified atom stereocenters. The Hall–Kier alpha value is -2.18. The van der Waals surface area contributed by atoms with Crippen molar-refractivity contribution in [1.82, 2.24) is 0 Å². The number of nitrogens with two attached hydrogens (primary N) is 1. The van der Waals surface area contributed by atoms with Gasteiger partial charge in [-0.2, -0.15) is 0 Å². The maximum atomic E-state index is 13.2. The van der Waals surface area contributed by atoms with Gasteiger partial charge in [0.15, 0.2) is 11.6 Å². The molecule has 2 aromatic rings. The SMILES string of the molecule is Cl.NC1CCOc2c(C(=O)Nc3ccc(F)c(F)c3)cccc21. The van der Waals surface area contributed by atoms with Gasteiger partial charge in [-0.25, -0.2) is 8.78 Å². The maximum Gasteiger partial charge on any atom is 0.259 e. The maximum absolute atomic E-state index is 13.2. The first-order valence-corrected chi connectivity index (χ1v) is 6.84. The molecule has 122 valence electrons. The highest BCUT2D eigenvalue weighted by atomic mass is 35.5. The Balaban J connectivity index is 0.00000192. The van der Waals surface area contributed by atoms with Crippen LogP contribution in [0.25, 0.3) is 0 Å². The Morgan fingerprint density at radius 1 is 1.22 bits per heavy atom. The molecule has 1 atom stereocenters. The van der Waals surface area contributed by atoms with E-state index in [1.54, 1.807) is 12.1 Å². The molecule has 23 heavy (non-hydrogen) atoms. The lowest BCUT2D eigenvalue weighted by molar-refractivity contribution is 0.102. The smallest absolute Gasteiger partial charge is 0.259 e. The van der Waals surface area contributed by atoms with Gasteiger partial charge < -0.3 is 15.8 Å². The summed E-state index contributed by atoms with van der Waals surface area (Å²) >= 11 is 0. The van der Waals surface area contributed by atoms with Crippen LogP contribution in [-0.2, 0) is 0 Å². The van der Waals surface area contributed by atoms with E-state index in [0.717, 1.165) is 17.7 Å². The van der Waals surface area contributed by atoms with E-state index in [1.807, 2.05) is 6.07 Å². The van der Waals surface area contributed by atoms with Gasteiger partial charge >= 0.3 is 0 Å². The predicted molar refractivity (Wildman–Crippen MR) is 85.0 cm³/mol. The normalized spacial score (nSPS) is 15.9. The summed E-state index contributed by atoms with van der Waals surface area (Å²) in [4.78, 5) is 12.3. The molecular weight excluding hydrogens is 326 g/mol. The number of benzene rings is 2. The zero-order valence-electron chi connectivity index (χ0n) is 12.0. The van der Waals surface area contributed by atoms with Crippen LogP contribution in [0.4, 0.5) is 14.5 Å². The van der Waals surface area contributed by atoms with Crippen molar-refractivity contribution in [2.75, 3.05) is 11.9 Å². The Morgan fingerprint density at radius 2 is 2.00 bits per heavy atom. The van der Waals surface area contributed by atoms with E-state index >= 15 is 0 Å². The number of nitrogens with one attached hydrogen (secondary N) is 1. The van der Waals surface area contributed by atoms with Crippen molar-refractivity contribution in [3.63, 3.8) is 0 Å². The molecule has 0 saturated heterocycles. The summed E-state index contributed by atoms with van der Waals surface area (Å²) in [6, 6.07) is 8.12. The standard InChI is InChI=1S/C16H14F2N2O2.ClH/c17-12-5-4-9(8-13(12)18)20-16(21)11-3-1-2-10-14(19)6-7-22-15(10)11;/h1-5,8,14H,6-7,19H2,(H,20,21);1H. The largest absolute Gasteiger partial charge is 0.492 e. The molecule has 1 aliphatic rings. The first-order valence-electron chi connectivity index (χ1n) is 6.84. The zero-order chi connectivity index (χ0) is 15.7. The molecule has 3 rings (SSSR count). The molecule has 0 bridgehead atoms. The number of ether oxygens (including phenoxy) is 1. The summed E-state index contributed by atoms with van der Waals surface area (Å²) in [6.45, 7) is 0.434. The Labute approximate surface area is 138 Å². The first-order chi connectivity index (χ1) is 10.6. The number of amides is 1. The van der Waals surface area contributed by atoms with Crippen LogP contribution in [0.1, 0.15) is 28.4 Å². The number of carbonyl (C=O) groups excluding carboxylic acids is 1. The third kappa shape index (κ3) is 3.43. The van der Waals surface area contributed by atoms with Crippen molar-refractivity contribution in [2.45, 2.75) is 12.5 Å². The lowest BCUT2D eigenvalue weighted by atomic mass is 9.98. The van der Waals surface area contributed by atoms with Gasteiger partial charge in [0.2, 0.25) is 0 Å². The number of rotatable bonds is 2. The monoisotopic (exact) mass is 340 g/mol. The van der Waals surface area contributed by atoms with E-state index in [0.29, 0.717) is 24.3 Å².